The van der Waals surface area contributed by atoms with Crippen LogP contribution in [0.2, 0.25) is 10.0 Å². The van der Waals surface area contributed by atoms with Crippen molar-refractivity contribution < 1.29 is 42.8 Å². The third-order valence-corrected chi connectivity index (χ3v) is 11.9. The van der Waals surface area contributed by atoms with Gasteiger partial charge in [-0.25, -0.2) is 24.2 Å². The molecule has 2 aromatic rings. The predicted octanol–water partition coefficient (Wildman–Crippen LogP) is 5.99. The number of ether oxygens (including phenoxy) is 1. The number of benzene rings is 2. The number of piperazine rings is 1. The van der Waals surface area contributed by atoms with Crippen LogP contribution in [0.25, 0.3) is 0 Å². The van der Waals surface area contributed by atoms with Crippen LogP contribution in [-0.2, 0) is 29.9 Å². The number of hydrogen-bond donors (Lipinski definition) is 4. The number of quaternary nitrogens is 1. The number of carboxylic acids is 2. The lowest BCUT2D eigenvalue weighted by Crippen LogP contribution is -2.69. The van der Waals surface area contributed by atoms with Gasteiger partial charge in [-0.15, -0.1) is 0 Å². The molecule has 1 unspecified atom stereocenters. The molecular formula is C37H45Cl2N4O8S+. The molecular weight excluding hydrogens is 731 g/mol. The number of aliphatic carboxylic acids is 2. The zero-order valence-corrected chi connectivity index (χ0v) is 31.8. The van der Waals surface area contributed by atoms with Crippen LogP contribution in [0, 0.1) is 0 Å². The van der Waals surface area contributed by atoms with Crippen LogP contribution < -0.4 is 10.7 Å². The van der Waals surface area contributed by atoms with Crippen molar-refractivity contribution in [3.05, 3.63) is 86.7 Å². The van der Waals surface area contributed by atoms with Gasteiger partial charge in [0.2, 0.25) is 0 Å². The molecule has 1 aliphatic carbocycles. The average molecular weight is 777 g/mol. The Morgan fingerprint density at radius 3 is 2.04 bits per heavy atom. The number of hydrazine groups is 1. The molecule has 1 saturated carbocycles. The Balaban J connectivity index is 1.56. The number of nitrogens with one attached hydrogen (secondary N) is 2. The summed E-state index contributed by atoms with van der Waals surface area (Å²) in [6.07, 6.45) is 3.61. The topological polar surface area (TPSA) is 162 Å². The van der Waals surface area contributed by atoms with Gasteiger partial charge in [0.25, 0.3) is 0 Å². The molecule has 3 aliphatic rings. The molecule has 2 aliphatic heterocycles. The fourth-order valence-electron chi connectivity index (χ4n) is 7.50. The van der Waals surface area contributed by atoms with Crippen LogP contribution in [-0.4, -0.2) is 91.4 Å². The number of rotatable bonds is 10. The maximum absolute atomic E-state index is 14.8. The van der Waals surface area contributed by atoms with Gasteiger partial charge in [0.1, 0.15) is 25.1 Å². The third-order valence-electron chi connectivity index (χ3n) is 9.84. The van der Waals surface area contributed by atoms with E-state index in [1.807, 2.05) is 0 Å². The van der Waals surface area contributed by atoms with E-state index in [-0.39, 0.29) is 66.8 Å². The SMILES string of the molecule is CC(C)(C)OC(=O)NN1CC[N+](C(=O)CC2=C(C(=O)O)C(c3c(Cl)cccc3Cl)C(C(=O)O)=C(C[S@](=O)c3ccccc3)N2)(C2CCCCC2)CC1. The first-order valence-electron chi connectivity index (χ1n) is 17.3. The Labute approximate surface area is 315 Å². The van der Waals surface area contributed by atoms with Crippen molar-refractivity contribution in [3.63, 3.8) is 0 Å². The minimum absolute atomic E-state index is 0.000862. The van der Waals surface area contributed by atoms with Crippen molar-refractivity contribution in [2.24, 2.45) is 0 Å². The molecule has 280 valence electrons. The van der Waals surface area contributed by atoms with Gasteiger partial charge in [0.05, 0.1) is 52.7 Å². The number of nitrogens with zero attached hydrogens (tertiary/aromatic N) is 2. The Hall–Kier alpha value is -3.75. The fourth-order valence-corrected chi connectivity index (χ4v) is 9.23. The summed E-state index contributed by atoms with van der Waals surface area (Å²) in [6, 6.07) is 13.0. The highest BCUT2D eigenvalue weighted by molar-refractivity contribution is 7.85. The Morgan fingerprint density at radius 1 is 0.904 bits per heavy atom. The molecule has 2 amide bonds. The molecule has 0 radical (unpaired) electrons. The summed E-state index contributed by atoms with van der Waals surface area (Å²) in [7, 11) is -1.74. The van der Waals surface area contributed by atoms with Gasteiger partial charge in [-0.1, -0.05) is 53.9 Å². The number of carbonyl (C=O) groups excluding carboxylic acids is 2. The second-order valence-electron chi connectivity index (χ2n) is 14.3. The summed E-state index contributed by atoms with van der Waals surface area (Å²) in [5.41, 5.74) is 1.41. The van der Waals surface area contributed by atoms with Gasteiger partial charge in [0, 0.05) is 31.9 Å². The smallest absolute Gasteiger partial charge is 0.422 e. The molecule has 2 atom stereocenters. The van der Waals surface area contributed by atoms with Gasteiger partial charge in [-0.05, 0) is 70.7 Å². The van der Waals surface area contributed by atoms with E-state index in [0.29, 0.717) is 31.1 Å². The highest BCUT2D eigenvalue weighted by atomic mass is 35.5. The van der Waals surface area contributed by atoms with E-state index in [2.05, 4.69) is 10.7 Å². The molecule has 0 aromatic heterocycles. The lowest BCUT2D eigenvalue weighted by atomic mass is 9.79. The Bertz CT molecular complexity index is 1780. The van der Waals surface area contributed by atoms with Crippen LogP contribution in [0.5, 0.6) is 0 Å². The second-order valence-corrected chi connectivity index (χ2v) is 16.6. The average Bonchev–Trinajstić information content (AvgIpc) is 3.08. The van der Waals surface area contributed by atoms with Crippen molar-refractivity contribution in [1.82, 2.24) is 15.8 Å². The predicted molar refractivity (Wildman–Crippen MR) is 197 cm³/mol. The molecule has 2 fully saturated rings. The van der Waals surface area contributed by atoms with Crippen LogP contribution in [0.4, 0.5) is 4.79 Å². The first-order chi connectivity index (χ1) is 24.6. The Kier molecular flexibility index (Phi) is 12.5. The first kappa shape index (κ1) is 39.5. The number of halogens is 2. The summed E-state index contributed by atoms with van der Waals surface area (Å²) < 4.78 is 19.1. The second kappa shape index (κ2) is 16.5. The number of carboxylic acid groups (broad SMARTS) is 2. The largest absolute Gasteiger partial charge is 0.478 e. The first-order valence-corrected chi connectivity index (χ1v) is 19.4. The normalized spacial score (nSPS) is 20.5. The molecule has 15 heteroatoms. The van der Waals surface area contributed by atoms with Crippen LogP contribution in [0.3, 0.4) is 0 Å². The van der Waals surface area contributed by atoms with E-state index in [0.717, 1.165) is 32.1 Å². The number of amides is 2. The highest BCUT2D eigenvalue weighted by Crippen LogP contribution is 2.45. The van der Waals surface area contributed by atoms with Crippen LogP contribution in [0.15, 0.2) is 76.0 Å². The van der Waals surface area contributed by atoms with Crippen molar-refractivity contribution >= 4 is 57.9 Å². The number of dihydropyridines is 1. The molecule has 1 saturated heterocycles. The summed E-state index contributed by atoms with van der Waals surface area (Å²) in [4.78, 5) is 54.1. The zero-order valence-electron chi connectivity index (χ0n) is 29.5. The summed E-state index contributed by atoms with van der Waals surface area (Å²) in [6.45, 7) is 6.73. The van der Waals surface area contributed by atoms with Crippen molar-refractivity contribution in [2.75, 3.05) is 31.9 Å². The van der Waals surface area contributed by atoms with Gasteiger partial charge in [-0.3, -0.25) is 14.1 Å². The zero-order chi connectivity index (χ0) is 37.8. The van der Waals surface area contributed by atoms with E-state index in [1.165, 1.54) is 12.1 Å². The molecule has 0 bridgehead atoms. The highest BCUT2D eigenvalue weighted by Gasteiger charge is 2.49. The van der Waals surface area contributed by atoms with Crippen molar-refractivity contribution in [3.8, 4) is 0 Å². The lowest BCUT2D eigenvalue weighted by Gasteiger charge is -2.48. The monoisotopic (exact) mass is 775 g/mol. The minimum atomic E-state index is -1.74. The van der Waals surface area contributed by atoms with Crippen LogP contribution in [0.1, 0.15) is 70.8 Å². The van der Waals surface area contributed by atoms with E-state index >= 15 is 0 Å². The molecule has 2 heterocycles. The minimum Gasteiger partial charge on any atom is -0.478 e. The molecule has 52 heavy (non-hydrogen) atoms. The van der Waals surface area contributed by atoms with E-state index in [4.69, 9.17) is 27.9 Å². The van der Waals surface area contributed by atoms with Crippen molar-refractivity contribution in [1.29, 1.82) is 0 Å². The van der Waals surface area contributed by atoms with E-state index < -0.39 is 40.4 Å². The molecule has 4 N–H and O–H groups in total. The molecule has 5 rings (SSSR count). The van der Waals surface area contributed by atoms with Gasteiger partial charge in [0.15, 0.2) is 0 Å². The van der Waals surface area contributed by atoms with Gasteiger partial charge >= 0.3 is 23.9 Å². The van der Waals surface area contributed by atoms with Crippen LogP contribution >= 0.6 is 23.2 Å². The lowest BCUT2D eigenvalue weighted by molar-refractivity contribution is -0.886. The van der Waals surface area contributed by atoms with Gasteiger partial charge in [-0.2, -0.15) is 0 Å². The maximum Gasteiger partial charge on any atom is 0.422 e. The standard InChI is InChI=1S/C37H44Cl2N4O8S/c1-37(2,3)51-36(49)41-42-17-19-43(20-18-42,23-11-6-4-7-12-23)29(44)21-27-31(34(45)46)33(30-25(38)15-10-16-26(30)39)32(35(47)48)28(40-27)22-52(50)24-13-8-5-9-14-24/h5,8-10,13-16,23,33,40H,4,6-7,11-12,17-22H2,1-3H3,(H2-,41,45,46,47,48,49)/p+1/t33?,52-/m0/s1. The van der Waals surface area contributed by atoms with Crippen molar-refractivity contribution in [2.45, 2.75) is 81.8 Å². The quantitative estimate of drug-likeness (QED) is 0.211. The maximum atomic E-state index is 14.8. The van der Waals surface area contributed by atoms with Gasteiger partial charge < -0.3 is 20.3 Å². The number of carbonyl (C=O) groups is 4. The molecule has 12 nitrogen and oxygen atoms in total. The summed E-state index contributed by atoms with van der Waals surface area (Å²) in [5, 5.41) is 26.2. The third kappa shape index (κ3) is 8.88. The summed E-state index contributed by atoms with van der Waals surface area (Å²) in [5.74, 6) is -4.92. The molecule has 2 aromatic carbocycles. The van der Waals surface area contributed by atoms with E-state index in [9.17, 15) is 33.6 Å². The summed E-state index contributed by atoms with van der Waals surface area (Å²) >= 11 is 13.3. The fraction of sp³-hybridized carbons (Fsp3) is 0.459. The van der Waals surface area contributed by atoms with E-state index in [1.54, 1.807) is 62.2 Å². The Morgan fingerprint density at radius 2 is 1.48 bits per heavy atom. The number of hydrogen-bond acceptors (Lipinski definition) is 8. The molecule has 0 spiro atoms.